The van der Waals surface area contributed by atoms with E-state index >= 15 is 0 Å². The number of carbonyl (C=O) groups excluding carboxylic acids is 4. The van der Waals surface area contributed by atoms with Crippen LogP contribution in [0, 0.1) is 0 Å². The van der Waals surface area contributed by atoms with Crippen LogP contribution in [0.25, 0.3) is 0 Å². The molecule has 0 saturated heterocycles. The van der Waals surface area contributed by atoms with Gasteiger partial charge in [0.25, 0.3) is 23.6 Å². The van der Waals surface area contributed by atoms with E-state index in [1.54, 1.807) is 0 Å². The van der Waals surface area contributed by atoms with Crippen LogP contribution in [-0.4, -0.2) is 45.8 Å². The number of aromatic carboxylic acids is 2. The maximum atomic E-state index is 11.9. The molecule has 10 heteroatoms. The van der Waals surface area contributed by atoms with E-state index in [9.17, 15) is 39.0 Å². The summed E-state index contributed by atoms with van der Waals surface area (Å²) >= 11 is 0. The van der Waals surface area contributed by atoms with Crippen molar-refractivity contribution < 1.29 is 39.0 Å². The molecule has 0 fully saturated rings. The fourth-order valence-corrected chi connectivity index (χ4v) is 2.60. The largest absolute Gasteiger partial charge is 0.478 e. The standard InChI is InChI=1S/C16H8N2O8/c19-10-1-2-11(20)17(10)7-5-8(15(23)24)14(16(25)26)9(6-7)18-12(21)3-4-13(18)22/h1-6H,(H,23,24)(H,25,26). The molecule has 130 valence electrons. The van der Waals surface area contributed by atoms with Crippen molar-refractivity contribution >= 4 is 46.9 Å². The first-order valence-electron chi connectivity index (χ1n) is 6.99. The second-order valence-corrected chi connectivity index (χ2v) is 5.19. The summed E-state index contributed by atoms with van der Waals surface area (Å²) in [5.74, 6) is -6.71. The molecular formula is C16H8N2O8. The summed E-state index contributed by atoms with van der Waals surface area (Å²) in [6.45, 7) is 0. The van der Waals surface area contributed by atoms with Gasteiger partial charge in [-0.25, -0.2) is 19.4 Å². The van der Waals surface area contributed by atoms with E-state index in [1.807, 2.05) is 0 Å². The van der Waals surface area contributed by atoms with Crippen LogP contribution in [0.2, 0.25) is 0 Å². The maximum absolute atomic E-state index is 11.9. The zero-order valence-electron chi connectivity index (χ0n) is 12.7. The van der Waals surface area contributed by atoms with Gasteiger partial charge in [0.05, 0.1) is 22.5 Å². The number of carbonyl (C=O) groups is 6. The van der Waals surface area contributed by atoms with E-state index in [4.69, 9.17) is 0 Å². The van der Waals surface area contributed by atoms with Crippen molar-refractivity contribution in [3.8, 4) is 0 Å². The lowest BCUT2D eigenvalue weighted by Gasteiger charge is -2.22. The number of hydrogen-bond donors (Lipinski definition) is 2. The lowest BCUT2D eigenvalue weighted by Crippen LogP contribution is -2.34. The highest BCUT2D eigenvalue weighted by Crippen LogP contribution is 2.33. The molecule has 3 rings (SSSR count). The van der Waals surface area contributed by atoms with E-state index in [1.165, 1.54) is 0 Å². The Bertz CT molecular complexity index is 952. The topological polar surface area (TPSA) is 149 Å². The summed E-state index contributed by atoms with van der Waals surface area (Å²) in [6, 6.07) is 1.75. The van der Waals surface area contributed by atoms with Gasteiger partial charge >= 0.3 is 11.9 Å². The van der Waals surface area contributed by atoms with Gasteiger partial charge in [0.1, 0.15) is 0 Å². The van der Waals surface area contributed by atoms with Crippen LogP contribution in [0.4, 0.5) is 11.4 Å². The number of imide groups is 2. The van der Waals surface area contributed by atoms with Crippen LogP contribution in [0.3, 0.4) is 0 Å². The molecular weight excluding hydrogens is 348 g/mol. The number of hydrogen-bond acceptors (Lipinski definition) is 6. The van der Waals surface area contributed by atoms with Crippen molar-refractivity contribution in [2.24, 2.45) is 0 Å². The van der Waals surface area contributed by atoms with Gasteiger partial charge in [0.15, 0.2) is 0 Å². The quantitative estimate of drug-likeness (QED) is 0.713. The molecule has 2 aliphatic rings. The van der Waals surface area contributed by atoms with Gasteiger partial charge in [0, 0.05) is 24.3 Å². The maximum Gasteiger partial charge on any atom is 0.338 e. The van der Waals surface area contributed by atoms with Gasteiger partial charge in [-0.3, -0.25) is 19.2 Å². The Morgan fingerprint density at radius 1 is 0.692 bits per heavy atom. The third-order valence-electron chi connectivity index (χ3n) is 3.66. The highest BCUT2D eigenvalue weighted by Gasteiger charge is 2.35. The Morgan fingerprint density at radius 2 is 1.15 bits per heavy atom. The average Bonchev–Trinajstić information content (AvgIpc) is 3.07. The van der Waals surface area contributed by atoms with Crippen molar-refractivity contribution in [1.82, 2.24) is 0 Å². The number of nitrogens with zero attached hydrogens (tertiary/aromatic N) is 2. The first-order valence-corrected chi connectivity index (χ1v) is 6.99. The third-order valence-corrected chi connectivity index (χ3v) is 3.66. The number of carboxylic acids is 2. The highest BCUT2D eigenvalue weighted by atomic mass is 16.4. The number of carboxylic acid groups (broad SMARTS) is 2. The smallest absolute Gasteiger partial charge is 0.338 e. The van der Waals surface area contributed by atoms with Crippen LogP contribution in [0.15, 0.2) is 36.4 Å². The van der Waals surface area contributed by atoms with Crippen LogP contribution in [0.5, 0.6) is 0 Å². The van der Waals surface area contributed by atoms with Gasteiger partial charge < -0.3 is 10.2 Å². The second kappa shape index (κ2) is 5.77. The molecule has 0 saturated carbocycles. The highest BCUT2D eigenvalue weighted by molar-refractivity contribution is 6.31. The molecule has 0 unspecified atom stereocenters. The predicted octanol–water partition coefficient (Wildman–Crippen LogP) is -0.0582. The summed E-state index contributed by atoms with van der Waals surface area (Å²) in [5, 5.41) is 18.7. The number of amides is 4. The Kier molecular flexibility index (Phi) is 3.72. The van der Waals surface area contributed by atoms with Gasteiger partial charge in [-0.1, -0.05) is 0 Å². The van der Waals surface area contributed by atoms with Crippen molar-refractivity contribution in [2.75, 3.05) is 9.80 Å². The van der Waals surface area contributed by atoms with E-state index in [2.05, 4.69) is 0 Å². The monoisotopic (exact) mass is 356 g/mol. The summed E-state index contributed by atoms with van der Waals surface area (Å²) < 4.78 is 0. The normalized spacial score (nSPS) is 16.2. The molecule has 26 heavy (non-hydrogen) atoms. The predicted molar refractivity (Wildman–Crippen MR) is 83.6 cm³/mol. The molecule has 0 bridgehead atoms. The van der Waals surface area contributed by atoms with Gasteiger partial charge in [-0.15, -0.1) is 0 Å². The van der Waals surface area contributed by atoms with Crippen LogP contribution < -0.4 is 9.80 Å². The average molecular weight is 356 g/mol. The SMILES string of the molecule is O=C(O)c1cc(N2C(=O)C=CC2=O)cc(N2C(=O)C=CC2=O)c1C(=O)O. The molecule has 4 amide bonds. The van der Waals surface area contributed by atoms with Crippen molar-refractivity contribution in [3.63, 3.8) is 0 Å². The number of anilines is 2. The Morgan fingerprint density at radius 3 is 1.58 bits per heavy atom. The minimum atomic E-state index is -1.70. The molecule has 0 radical (unpaired) electrons. The molecule has 0 aromatic heterocycles. The van der Waals surface area contributed by atoms with Crippen molar-refractivity contribution in [1.29, 1.82) is 0 Å². The summed E-state index contributed by atoms with van der Waals surface area (Å²) in [7, 11) is 0. The molecule has 0 spiro atoms. The summed E-state index contributed by atoms with van der Waals surface area (Å²) in [4.78, 5) is 71.7. The first-order chi connectivity index (χ1) is 12.2. The Labute approximate surface area is 144 Å². The first kappa shape index (κ1) is 16.8. The Hall–Kier alpha value is -4.08. The molecule has 1 aromatic rings. The lowest BCUT2D eigenvalue weighted by atomic mass is 10.0. The number of rotatable bonds is 4. The lowest BCUT2D eigenvalue weighted by molar-refractivity contribution is -0.121. The van der Waals surface area contributed by atoms with Crippen LogP contribution in [0.1, 0.15) is 20.7 Å². The fourth-order valence-electron chi connectivity index (χ4n) is 2.60. The van der Waals surface area contributed by atoms with Crippen molar-refractivity contribution in [2.45, 2.75) is 0 Å². The molecule has 0 aliphatic carbocycles. The van der Waals surface area contributed by atoms with E-state index in [-0.39, 0.29) is 5.69 Å². The minimum absolute atomic E-state index is 0.282. The van der Waals surface area contributed by atoms with E-state index in [0.29, 0.717) is 9.80 Å². The Balaban J connectivity index is 2.30. The second-order valence-electron chi connectivity index (χ2n) is 5.19. The number of benzene rings is 1. The summed E-state index contributed by atoms with van der Waals surface area (Å²) in [6.07, 6.45) is 3.66. The zero-order valence-corrected chi connectivity index (χ0v) is 12.7. The van der Waals surface area contributed by atoms with Crippen LogP contribution >= 0.6 is 0 Å². The molecule has 2 N–H and O–H groups in total. The van der Waals surface area contributed by atoms with E-state index < -0.39 is 52.4 Å². The van der Waals surface area contributed by atoms with E-state index in [0.717, 1.165) is 36.4 Å². The molecule has 2 heterocycles. The summed E-state index contributed by atoms with van der Waals surface area (Å²) in [5.41, 5.74) is -2.45. The molecule has 1 aromatic carbocycles. The molecule has 0 atom stereocenters. The zero-order chi connectivity index (χ0) is 19.2. The van der Waals surface area contributed by atoms with Gasteiger partial charge in [0.2, 0.25) is 0 Å². The van der Waals surface area contributed by atoms with Crippen molar-refractivity contribution in [3.05, 3.63) is 47.6 Å². The fraction of sp³-hybridized carbons (Fsp3) is 0. The third kappa shape index (κ3) is 2.45. The molecule has 2 aliphatic heterocycles. The minimum Gasteiger partial charge on any atom is -0.478 e. The van der Waals surface area contributed by atoms with Gasteiger partial charge in [-0.2, -0.15) is 0 Å². The molecule has 10 nitrogen and oxygen atoms in total. The van der Waals surface area contributed by atoms with Crippen LogP contribution in [-0.2, 0) is 19.2 Å². The van der Waals surface area contributed by atoms with Gasteiger partial charge in [-0.05, 0) is 12.1 Å².